The molecule has 0 radical (unpaired) electrons. The van der Waals surface area contributed by atoms with E-state index in [1.165, 1.54) is 0 Å². The Labute approximate surface area is 107 Å². The molecule has 1 saturated carbocycles. The van der Waals surface area contributed by atoms with Gasteiger partial charge in [0.05, 0.1) is 10.7 Å². The molecule has 1 aromatic heterocycles. The number of nitrogens with one attached hydrogen (secondary N) is 1. The lowest BCUT2D eigenvalue weighted by atomic mass is 10.5. The Hall–Kier alpha value is -1.90. The number of nitro groups is 1. The van der Waals surface area contributed by atoms with Crippen LogP contribution >= 0.6 is 11.8 Å². The molecule has 1 heterocycles. The van der Waals surface area contributed by atoms with Gasteiger partial charge in [-0.15, -0.1) is 0 Å². The number of nitrogens with two attached hydrogens (primary N) is 1. The number of nitrogens with zero attached hydrogens (tertiary/aromatic N) is 3. The van der Waals surface area contributed by atoms with E-state index in [4.69, 9.17) is 5.73 Å². The van der Waals surface area contributed by atoms with Gasteiger partial charge in [-0.1, -0.05) is 11.8 Å². The van der Waals surface area contributed by atoms with Gasteiger partial charge in [0.2, 0.25) is 11.9 Å². The number of aromatic nitrogens is 2. The number of hydrogen-bond acceptors (Lipinski definition) is 7. The van der Waals surface area contributed by atoms with Gasteiger partial charge in [-0.3, -0.25) is 14.9 Å². The van der Waals surface area contributed by atoms with Crippen molar-refractivity contribution in [1.82, 2.24) is 15.3 Å². The first kappa shape index (κ1) is 12.6. The molecular weight excluding hydrogens is 258 g/mol. The second-order valence-electron chi connectivity index (χ2n) is 3.81. The summed E-state index contributed by atoms with van der Waals surface area (Å²) in [6.45, 7) is 0. The highest BCUT2D eigenvalue weighted by Gasteiger charge is 2.24. The quantitative estimate of drug-likeness (QED) is 0.341. The topological polar surface area (TPSA) is 124 Å². The summed E-state index contributed by atoms with van der Waals surface area (Å²) in [7, 11) is 0. The molecule has 1 aliphatic carbocycles. The van der Waals surface area contributed by atoms with Gasteiger partial charge >= 0.3 is 5.69 Å². The molecule has 1 aromatic rings. The Morgan fingerprint density at radius 2 is 2.39 bits per heavy atom. The van der Waals surface area contributed by atoms with E-state index in [0.717, 1.165) is 30.8 Å². The van der Waals surface area contributed by atoms with E-state index in [1.54, 1.807) is 0 Å². The smallest absolute Gasteiger partial charge is 0.319 e. The fraction of sp³-hybridized carbons (Fsp3) is 0.444. The fourth-order valence-corrected chi connectivity index (χ4v) is 2.02. The van der Waals surface area contributed by atoms with Crippen molar-refractivity contribution in [3.63, 3.8) is 0 Å². The highest BCUT2D eigenvalue weighted by molar-refractivity contribution is 8.00. The Morgan fingerprint density at radius 3 is 3.00 bits per heavy atom. The minimum Gasteiger partial charge on any atom is -0.368 e. The van der Waals surface area contributed by atoms with E-state index in [-0.39, 0.29) is 34.4 Å². The molecule has 0 aromatic carbocycles. The van der Waals surface area contributed by atoms with Crippen LogP contribution in [-0.2, 0) is 4.79 Å². The summed E-state index contributed by atoms with van der Waals surface area (Å²) in [6.07, 6.45) is 3.04. The molecule has 3 N–H and O–H groups in total. The molecule has 0 atom stereocenters. The second kappa shape index (κ2) is 5.17. The summed E-state index contributed by atoms with van der Waals surface area (Å²) >= 11 is 0.983. The standard InChI is InChI=1S/C9H11N5O3S/c10-9-11-3-6(14(16)17)8(13-9)18-4-7(15)12-5-1-2-5/h3,5H,1-2,4H2,(H,12,15)(H2,10,11,13). The number of carbonyl (C=O) groups is 1. The van der Waals surface area contributed by atoms with Gasteiger partial charge in [0.25, 0.3) is 0 Å². The van der Waals surface area contributed by atoms with Crippen LogP contribution in [0.25, 0.3) is 0 Å². The van der Waals surface area contributed by atoms with Gasteiger partial charge in [-0.05, 0) is 12.8 Å². The molecule has 18 heavy (non-hydrogen) atoms. The summed E-state index contributed by atoms with van der Waals surface area (Å²) in [5, 5.41) is 13.6. The number of carbonyl (C=O) groups excluding carboxylic acids is 1. The first-order valence-corrected chi connectivity index (χ1v) is 6.24. The van der Waals surface area contributed by atoms with E-state index < -0.39 is 4.92 Å². The number of anilines is 1. The number of hydrogen-bond donors (Lipinski definition) is 2. The molecular formula is C9H11N5O3S. The van der Waals surface area contributed by atoms with Crippen LogP contribution in [0.2, 0.25) is 0 Å². The van der Waals surface area contributed by atoms with Crippen LogP contribution in [0.3, 0.4) is 0 Å². The highest BCUT2D eigenvalue weighted by Crippen LogP contribution is 2.27. The largest absolute Gasteiger partial charge is 0.368 e. The minimum atomic E-state index is -0.597. The molecule has 1 amide bonds. The molecule has 0 saturated heterocycles. The number of amides is 1. The van der Waals surface area contributed by atoms with Crippen molar-refractivity contribution in [3.8, 4) is 0 Å². The Kier molecular flexibility index (Phi) is 3.60. The second-order valence-corrected chi connectivity index (χ2v) is 4.77. The number of nitrogen functional groups attached to an aromatic ring is 1. The zero-order chi connectivity index (χ0) is 13.1. The molecule has 1 fully saturated rings. The number of rotatable bonds is 5. The lowest BCUT2D eigenvalue weighted by Gasteiger charge is -2.03. The summed E-state index contributed by atoms with van der Waals surface area (Å²) in [5.74, 6) is -0.131. The van der Waals surface area contributed by atoms with Crippen molar-refractivity contribution < 1.29 is 9.72 Å². The molecule has 0 bridgehead atoms. The van der Waals surface area contributed by atoms with Crippen molar-refractivity contribution in [2.45, 2.75) is 23.9 Å². The van der Waals surface area contributed by atoms with Crippen LogP contribution in [0.5, 0.6) is 0 Å². The van der Waals surface area contributed by atoms with Crippen LogP contribution in [0.1, 0.15) is 12.8 Å². The third kappa shape index (κ3) is 3.29. The molecule has 8 nitrogen and oxygen atoms in total. The van der Waals surface area contributed by atoms with Crippen LogP contribution < -0.4 is 11.1 Å². The van der Waals surface area contributed by atoms with E-state index in [0.29, 0.717) is 0 Å². The van der Waals surface area contributed by atoms with Gasteiger partial charge in [0, 0.05) is 6.04 Å². The first-order chi connectivity index (χ1) is 8.56. The van der Waals surface area contributed by atoms with E-state index in [9.17, 15) is 14.9 Å². The van der Waals surface area contributed by atoms with Crippen molar-refractivity contribution in [1.29, 1.82) is 0 Å². The van der Waals surface area contributed by atoms with Gasteiger partial charge in [0.15, 0.2) is 5.03 Å². The predicted octanol–water partition coefficient (Wildman–Crippen LogP) is 0.338. The average Bonchev–Trinajstić information content (AvgIpc) is 3.10. The third-order valence-electron chi connectivity index (χ3n) is 2.23. The summed E-state index contributed by atoms with van der Waals surface area (Å²) in [4.78, 5) is 28.9. The summed E-state index contributed by atoms with van der Waals surface area (Å²) < 4.78 is 0. The monoisotopic (exact) mass is 269 g/mol. The highest BCUT2D eigenvalue weighted by atomic mass is 32.2. The van der Waals surface area contributed by atoms with Gasteiger partial charge in [0.1, 0.15) is 6.20 Å². The minimum absolute atomic E-state index is 0.0503. The van der Waals surface area contributed by atoms with Gasteiger partial charge in [-0.2, -0.15) is 4.98 Å². The third-order valence-corrected chi connectivity index (χ3v) is 3.21. The maximum atomic E-state index is 11.5. The Bertz CT molecular complexity index is 491. The molecule has 1 aliphatic rings. The van der Waals surface area contributed by atoms with Crippen LogP contribution in [0.15, 0.2) is 11.2 Å². The van der Waals surface area contributed by atoms with E-state index in [2.05, 4.69) is 15.3 Å². The number of thioether (sulfide) groups is 1. The molecule has 0 aliphatic heterocycles. The lowest BCUT2D eigenvalue weighted by molar-refractivity contribution is -0.388. The molecule has 9 heteroatoms. The zero-order valence-electron chi connectivity index (χ0n) is 9.33. The predicted molar refractivity (Wildman–Crippen MR) is 65.0 cm³/mol. The van der Waals surface area contributed by atoms with Crippen LogP contribution in [0.4, 0.5) is 11.6 Å². The Balaban J connectivity index is 2.00. The maximum Gasteiger partial charge on any atom is 0.319 e. The van der Waals surface area contributed by atoms with Crippen molar-refractivity contribution in [2.24, 2.45) is 0 Å². The summed E-state index contributed by atoms with van der Waals surface area (Å²) in [6, 6.07) is 0.267. The van der Waals surface area contributed by atoms with Gasteiger partial charge in [-0.25, -0.2) is 4.98 Å². The SMILES string of the molecule is Nc1ncc([N+](=O)[O-])c(SCC(=O)NC2CC2)n1. The first-order valence-electron chi connectivity index (χ1n) is 5.25. The Morgan fingerprint density at radius 1 is 1.67 bits per heavy atom. The normalized spacial score (nSPS) is 14.2. The van der Waals surface area contributed by atoms with Gasteiger partial charge < -0.3 is 11.1 Å². The molecule has 96 valence electrons. The molecule has 0 spiro atoms. The van der Waals surface area contributed by atoms with E-state index >= 15 is 0 Å². The van der Waals surface area contributed by atoms with E-state index in [1.807, 2.05) is 0 Å². The van der Waals surface area contributed by atoms with Crippen molar-refractivity contribution in [3.05, 3.63) is 16.3 Å². The van der Waals surface area contributed by atoms with Crippen LogP contribution in [0, 0.1) is 10.1 Å². The molecule has 0 unspecified atom stereocenters. The van der Waals surface area contributed by atoms with Crippen molar-refractivity contribution in [2.75, 3.05) is 11.5 Å². The fourth-order valence-electron chi connectivity index (χ4n) is 1.24. The van der Waals surface area contributed by atoms with Crippen LogP contribution in [-0.4, -0.2) is 32.6 Å². The summed E-state index contributed by atoms with van der Waals surface area (Å²) in [5.41, 5.74) is 5.12. The molecule has 2 rings (SSSR count). The average molecular weight is 269 g/mol. The zero-order valence-corrected chi connectivity index (χ0v) is 10.1. The maximum absolute atomic E-state index is 11.5. The lowest BCUT2D eigenvalue weighted by Crippen LogP contribution is -2.27. The van der Waals surface area contributed by atoms with Crippen molar-refractivity contribution >= 4 is 29.3 Å².